The van der Waals surface area contributed by atoms with Crippen molar-refractivity contribution in [3.63, 3.8) is 0 Å². The molecule has 1 N–H and O–H groups in total. The minimum absolute atomic E-state index is 0.248. The first-order valence-corrected chi connectivity index (χ1v) is 7.10. The maximum absolute atomic E-state index is 13.5. The summed E-state index contributed by atoms with van der Waals surface area (Å²) >= 11 is 0. The Morgan fingerprint density at radius 2 is 2.05 bits per heavy atom. The summed E-state index contributed by atoms with van der Waals surface area (Å²) in [7, 11) is 0. The molecule has 1 atom stereocenters. The predicted molar refractivity (Wildman–Crippen MR) is 75.0 cm³/mol. The first-order chi connectivity index (χ1) is 9.08. The van der Waals surface area contributed by atoms with Gasteiger partial charge in [-0.25, -0.2) is 9.18 Å². The molecule has 0 saturated carbocycles. The van der Waals surface area contributed by atoms with Gasteiger partial charge in [0, 0.05) is 0 Å². The number of halogens is 1. The Labute approximate surface area is 114 Å². The second kappa shape index (κ2) is 7.93. The van der Waals surface area contributed by atoms with E-state index >= 15 is 0 Å². The second-order valence-electron chi connectivity index (χ2n) is 5.07. The number of carboxylic acids is 1. The van der Waals surface area contributed by atoms with Gasteiger partial charge < -0.3 is 5.11 Å². The maximum Gasteiger partial charge on any atom is 0.338 e. The molecular formula is C16H23FO2. The number of unbranched alkanes of at least 4 members (excludes halogenated alkanes) is 1. The zero-order valence-electron chi connectivity index (χ0n) is 11.8. The molecule has 0 saturated heterocycles. The van der Waals surface area contributed by atoms with E-state index in [9.17, 15) is 9.18 Å². The average molecular weight is 266 g/mol. The van der Waals surface area contributed by atoms with Crippen LogP contribution >= 0.6 is 0 Å². The molecule has 0 aliphatic rings. The molecule has 0 aliphatic carbocycles. The highest BCUT2D eigenvalue weighted by atomic mass is 19.1. The van der Waals surface area contributed by atoms with Crippen molar-refractivity contribution in [3.8, 4) is 0 Å². The normalized spacial score (nSPS) is 12.4. The van der Waals surface area contributed by atoms with E-state index in [0.29, 0.717) is 5.92 Å². The lowest BCUT2D eigenvalue weighted by Crippen LogP contribution is -2.04. The lowest BCUT2D eigenvalue weighted by Gasteiger charge is -2.14. The summed E-state index contributed by atoms with van der Waals surface area (Å²) in [4.78, 5) is 10.7. The Morgan fingerprint density at radius 1 is 1.32 bits per heavy atom. The fourth-order valence-corrected chi connectivity index (χ4v) is 2.30. The van der Waals surface area contributed by atoms with E-state index in [1.54, 1.807) is 6.07 Å². The summed E-state index contributed by atoms with van der Waals surface area (Å²) < 4.78 is 13.5. The fraction of sp³-hybridized carbons (Fsp3) is 0.562. The molecule has 1 aromatic carbocycles. The molecule has 1 unspecified atom stereocenters. The van der Waals surface area contributed by atoms with Gasteiger partial charge in [-0.15, -0.1) is 0 Å². The molecule has 0 radical (unpaired) electrons. The van der Waals surface area contributed by atoms with Gasteiger partial charge in [-0.05, 0) is 36.5 Å². The van der Waals surface area contributed by atoms with Gasteiger partial charge in [0.2, 0.25) is 0 Å². The van der Waals surface area contributed by atoms with E-state index in [0.717, 1.165) is 24.8 Å². The monoisotopic (exact) mass is 266 g/mol. The molecule has 0 aromatic heterocycles. The molecule has 1 aromatic rings. The van der Waals surface area contributed by atoms with Crippen molar-refractivity contribution in [1.29, 1.82) is 0 Å². The number of carbonyl (C=O) groups is 1. The molecule has 0 aliphatic heterocycles. The standard InChI is InChI=1S/C16H23FO2/c1-3-5-6-12(4-2)7-8-13-9-10-14(16(18)19)15(17)11-13/h9-12H,3-8H2,1-2H3,(H,18,19). The highest BCUT2D eigenvalue weighted by molar-refractivity contribution is 5.87. The molecule has 0 fully saturated rings. The third-order valence-corrected chi connectivity index (χ3v) is 3.65. The van der Waals surface area contributed by atoms with Crippen molar-refractivity contribution in [2.75, 3.05) is 0 Å². The van der Waals surface area contributed by atoms with Gasteiger partial charge in [0.1, 0.15) is 5.82 Å². The Kier molecular flexibility index (Phi) is 6.54. The lowest BCUT2D eigenvalue weighted by molar-refractivity contribution is 0.0692. The quantitative estimate of drug-likeness (QED) is 0.742. The zero-order chi connectivity index (χ0) is 14.3. The SMILES string of the molecule is CCCCC(CC)CCc1ccc(C(=O)O)c(F)c1. The largest absolute Gasteiger partial charge is 0.478 e. The Bertz CT molecular complexity index is 415. The summed E-state index contributed by atoms with van der Waals surface area (Å²) in [6.45, 7) is 4.38. The summed E-state index contributed by atoms with van der Waals surface area (Å²) in [6.07, 6.45) is 6.68. The number of hydrogen-bond acceptors (Lipinski definition) is 1. The van der Waals surface area contributed by atoms with Crippen molar-refractivity contribution in [1.82, 2.24) is 0 Å². The molecule has 3 heteroatoms. The molecule has 0 spiro atoms. The first kappa shape index (κ1) is 15.7. The van der Waals surface area contributed by atoms with Crippen LogP contribution in [-0.2, 0) is 6.42 Å². The van der Waals surface area contributed by atoms with Crippen molar-refractivity contribution in [3.05, 3.63) is 35.1 Å². The predicted octanol–water partition coefficient (Wildman–Crippen LogP) is 4.67. The molecular weight excluding hydrogens is 243 g/mol. The molecule has 2 nitrogen and oxygen atoms in total. The summed E-state index contributed by atoms with van der Waals surface area (Å²) in [5, 5.41) is 8.77. The van der Waals surface area contributed by atoms with Crippen LogP contribution in [0.25, 0.3) is 0 Å². The van der Waals surface area contributed by atoms with Crippen molar-refractivity contribution < 1.29 is 14.3 Å². The zero-order valence-corrected chi connectivity index (χ0v) is 11.8. The number of carboxylic acid groups (broad SMARTS) is 1. The van der Waals surface area contributed by atoms with Crippen LogP contribution in [0.3, 0.4) is 0 Å². The van der Waals surface area contributed by atoms with E-state index < -0.39 is 11.8 Å². The van der Waals surface area contributed by atoms with Gasteiger partial charge in [0.05, 0.1) is 5.56 Å². The number of benzene rings is 1. The Balaban J connectivity index is 2.57. The van der Waals surface area contributed by atoms with Crippen LogP contribution in [0.1, 0.15) is 61.9 Å². The van der Waals surface area contributed by atoms with Gasteiger partial charge in [-0.2, -0.15) is 0 Å². The van der Waals surface area contributed by atoms with Gasteiger partial charge in [-0.3, -0.25) is 0 Å². The molecule has 19 heavy (non-hydrogen) atoms. The molecule has 0 heterocycles. The summed E-state index contributed by atoms with van der Waals surface area (Å²) in [5.41, 5.74) is 0.638. The van der Waals surface area contributed by atoms with Crippen molar-refractivity contribution in [2.24, 2.45) is 5.92 Å². The number of rotatable bonds is 8. The molecule has 1 rings (SSSR count). The van der Waals surface area contributed by atoms with E-state index in [2.05, 4.69) is 13.8 Å². The van der Waals surface area contributed by atoms with E-state index in [1.165, 1.54) is 31.4 Å². The van der Waals surface area contributed by atoms with Gasteiger partial charge in [0.25, 0.3) is 0 Å². The van der Waals surface area contributed by atoms with Crippen LogP contribution in [-0.4, -0.2) is 11.1 Å². The molecule has 0 amide bonds. The van der Waals surface area contributed by atoms with Crippen LogP contribution in [0.4, 0.5) is 4.39 Å². The number of hydrogen-bond donors (Lipinski definition) is 1. The van der Waals surface area contributed by atoms with Crippen LogP contribution in [0.5, 0.6) is 0 Å². The smallest absolute Gasteiger partial charge is 0.338 e. The van der Waals surface area contributed by atoms with Crippen molar-refractivity contribution >= 4 is 5.97 Å². The third-order valence-electron chi connectivity index (χ3n) is 3.65. The fourth-order valence-electron chi connectivity index (χ4n) is 2.30. The summed E-state index contributed by atoms with van der Waals surface area (Å²) in [5.74, 6) is -1.16. The van der Waals surface area contributed by atoms with Crippen LogP contribution in [0.2, 0.25) is 0 Å². The first-order valence-electron chi connectivity index (χ1n) is 7.10. The van der Waals surface area contributed by atoms with Crippen molar-refractivity contribution in [2.45, 2.75) is 52.4 Å². The maximum atomic E-state index is 13.5. The minimum Gasteiger partial charge on any atom is -0.478 e. The Hall–Kier alpha value is -1.38. The highest BCUT2D eigenvalue weighted by Crippen LogP contribution is 2.20. The van der Waals surface area contributed by atoms with Crippen LogP contribution in [0, 0.1) is 11.7 Å². The highest BCUT2D eigenvalue weighted by Gasteiger charge is 2.11. The molecule has 0 bridgehead atoms. The molecule has 106 valence electrons. The van der Waals surface area contributed by atoms with Gasteiger partial charge in [0.15, 0.2) is 0 Å². The lowest BCUT2D eigenvalue weighted by atomic mass is 9.92. The van der Waals surface area contributed by atoms with Gasteiger partial charge >= 0.3 is 5.97 Å². The third kappa shape index (κ3) is 5.01. The van der Waals surface area contributed by atoms with Crippen LogP contribution in [0.15, 0.2) is 18.2 Å². The summed E-state index contributed by atoms with van der Waals surface area (Å²) in [6, 6.07) is 4.44. The topological polar surface area (TPSA) is 37.3 Å². The number of aryl methyl sites for hydroxylation is 1. The Morgan fingerprint density at radius 3 is 2.58 bits per heavy atom. The second-order valence-corrected chi connectivity index (χ2v) is 5.07. The minimum atomic E-state index is -1.21. The van der Waals surface area contributed by atoms with Crippen LogP contribution < -0.4 is 0 Å². The van der Waals surface area contributed by atoms with E-state index in [1.807, 2.05) is 0 Å². The van der Waals surface area contributed by atoms with E-state index in [-0.39, 0.29) is 5.56 Å². The van der Waals surface area contributed by atoms with Gasteiger partial charge in [-0.1, -0.05) is 45.6 Å². The van der Waals surface area contributed by atoms with E-state index in [4.69, 9.17) is 5.11 Å². The average Bonchev–Trinajstić information content (AvgIpc) is 2.38. The number of aromatic carboxylic acids is 1.